The first-order valence-electron chi connectivity index (χ1n) is 12.8. The van der Waals surface area contributed by atoms with Crippen LogP contribution in [0, 0.1) is 0 Å². The number of carbonyl (C=O) groups excluding carboxylic acids is 4. The van der Waals surface area contributed by atoms with E-state index >= 15 is 0 Å². The molecule has 2 aliphatic heterocycles. The smallest absolute Gasteiger partial charge is 0.356 e. The Morgan fingerprint density at radius 2 is 1.73 bits per heavy atom. The summed E-state index contributed by atoms with van der Waals surface area (Å²) in [6, 6.07) is 19.3. The lowest BCUT2D eigenvalue weighted by Crippen LogP contribution is -2.46. The summed E-state index contributed by atoms with van der Waals surface area (Å²) in [6.07, 6.45) is 0.707. The molecule has 40 heavy (non-hydrogen) atoms. The number of aromatic amines is 1. The third kappa shape index (κ3) is 4.43. The van der Waals surface area contributed by atoms with Gasteiger partial charge >= 0.3 is 5.97 Å². The van der Waals surface area contributed by atoms with Crippen molar-refractivity contribution in [3.8, 4) is 0 Å². The van der Waals surface area contributed by atoms with Gasteiger partial charge in [0, 0.05) is 29.0 Å². The van der Waals surface area contributed by atoms with E-state index in [0.717, 1.165) is 11.1 Å². The van der Waals surface area contributed by atoms with Crippen LogP contribution < -0.4 is 5.32 Å². The van der Waals surface area contributed by atoms with Crippen molar-refractivity contribution in [3.05, 3.63) is 99.7 Å². The van der Waals surface area contributed by atoms with Gasteiger partial charge in [0.15, 0.2) is 0 Å². The van der Waals surface area contributed by atoms with E-state index in [0.29, 0.717) is 40.0 Å². The molecule has 0 unspecified atom stereocenters. The van der Waals surface area contributed by atoms with E-state index in [9.17, 15) is 19.2 Å². The van der Waals surface area contributed by atoms with E-state index in [1.807, 2.05) is 29.2 Å². The lowest BCUT2D eigenvalue weighted by Gasteiger charge is -2.38. The molecule has 3 heterocycles. The van der Waals surface area contributed by atoms with Gasteiger partial charge in [-0.1, -0.05) is 48.0 Å². The van der Waals surface area contributed by atoms with E-state index in [2.05, 4.69) is 10.3 Å². The number of methoxy groups -OCH3 is 1. The van der Waals surface area contributed by atoms with Crippen LogP contribution in [0.1, 0.15) is 48.4 Å². The molecular formula is C30H25ClN4O5. The molecule has 4 aromatic rings. The molecule has 0 saturated carbocycles. The second-order valence-electron chi connectivity index (χ2n) is 9.81. The predicted octanol–water partition coefficient (Wildman–Crippen LogP) is 4.44. The van der Waals surface area contributed by atoms with E-state index in [4.69, 9.17) is 16.3 Å². The Bertz CT molecular complexity index is 1660. The van der Waals surface area contributed by atoms with Gasteiger partial charge in [-0.05, 0) is 47.9 Å². The van der Waals surface area contributed by atoms with Crippen LogP contribution in [-0.2, 0) is 16.0 Å². The van der Waals surface area contributed by atoms with Crippen LogP contribution in [0.15, 0.2) is 66.7 Å². The molecule has 9 nitrogen and oxygen atoms in total. The van der Waals surface area contributed by atoms with Crippen molar-refractivity contribution in [2.75, 3.05) is 32.1 Å². The third-order valence-electron chi connectivity index (χ3n) is 7.52. The van der Waals surface area contributed by atoms with Crippen LogP contribution in [0.25, 0.3) is 10.9 Å². The van der Waals surface area contributed by atoms with Crippen LogP contribution in [0.5, 0.6) is 0 Å². The molecule has 2 N–H and O–H groups in total. The average Bonchev–Trinajstić information content (AvgIpc) is 3.43. The molecule has 1 atom stereocenters. The number of hydrogen-bond donors (Lipinski definition) is 2. The van der Waals surface area contributed by atoms with Crippen LogP contribution >= 0.6 is 11.6 Å². The number of anilines is 1. The summed E-state index contributed by atoms with van der Waals surface area (Å²) in [5.74, 6) is -1.67. The fourth-order valence-electron chi connectivity index (χ4n) is 5.60. The molecule has 3 aromatic carbocycles. The highest BCUT2D eigenvalue weighted by atomic mass is 35.5. The van der Waals surface area contributed by atoms with Crippen molar-refractivity contribution in [2.24, 2.45) is 0 Å². The number of benzene rings is 3. The number of esters is 1. The number of fused-ring (bicyclic) bond motifs is 3. The van der Waals surface area contributed by atoms with Crippen molar-refractivity contribution < 1.29 is 23.9 Å². The minimum absolute atomic E-state index is 0.0317. The summed E-state index contributed by atoms with van der Waals surface area (Å²) < 4.78 is 4.91. The molecule has 1 aromatic heterocycles. The average molecular weight is 557 g/mol. The second kappa shape index (κ2) is 10.3. The lowest BCUT2D eigenvalue weighted by molar-refractivity contribution is -0.118. The maximum Gasteiger partial charge on any atom is 0.356 e. The number of nitrogens with one attached hydrogen (secondary N) is 2. The summed E-state index contributed by atoms with van der Waals surface area (Å²) in [7, 11) is 1.27. The maximum atomic E-state index is 13.5. The number of amides is 3. The molecule has 6 rings (SSSR count). The molecule has 0 aliphatic carbocycles. The number of ether oxygens (including phenoxy) is 1. The molecule has 10 heteroatoms. The Hall–Kier alpha value is -4.47. The number of imide groups is 1. The Morgan fingerprint density at radius 3 is 2.45 bits per heavy atom. The standard InChI is InChI=1S/C30H25ClN4O5/c1-40-30(39)27-26(22-14-18(31)10-11-23(22)32-27)33-25(36)16-34-13-12-17-6-2-3-7-19(17)24(34)15-35-28(37)20-8-4-5-9-21(20)29(35)38/h2-11,14,24,32H,12-13,15-16H2,1H3,(H,33,36)/t24-/m0/s1. The number of aromatic nitrogens is 1. The van der Waals surface area contributed by atoms with Gasteiger partial charge in [-0.2, -0.15) is 0 Å². The molecule has 202 valence electrons. The summed E-state index contributed by atoms with van der Waals surface area (Å²) in [5, 5.41) is 3.90. The van der Waals surface area contributed by atoms with Crippen LogP contribution in [0.4, 0.5) is 5.69 Å². The zero-order valence-electron chi connectivity index (χ0n) is 21.6. The fourth-order valence-corrected chi connectivity index (χ4v) is 5.77. The van der Waals surface area contributed by atoms with Crippen molar-refractivity contribution in [1.29, 1.82) is 0 Å². The SMILES string of the molecule is COC(=O)c1[nH]c2ccc(Cl)cc2c1NC(=O)CN1CCc2ccccc2[C@@H]1CN1C(=O)c2ccccc2C1=O. The summed E-state index contributed by atoms with van der Waals surface area (Å²) >= 11 is 6.20. The molecular weight excluding hydrogens is 532 g/mol. The van der Waals surface area contributed by atoms with Gasteiger partial charge in [0.25, 0.3) is 11.8 Å². The summed E-state index contributed by atoms with van der Waals surface area (Å²) in [6.45, 7) is 0.616. The first-order chi connectivity index (χ1) is 19.4. The first-order valence-corrected chi connectivity index (χ1v) is 13.2. The quantitative estimate of drug-likeness (QED) is 0.268. The van der Waals surface area contributed by atoms with Gasteiger partial charge < -0.3 is 15.0 Å². The topological polar surface area (TPSA) is 112 Å². The van der Waals surface area contributed by atoms with E-state index in [-0.39, 0.29) is 42.2 Å². The van der Waals surface area contributed by atoms with Gasteiger partial charge in [-0.15, -0.1) is 0 Å². The fraction of sp³-hybridized carbons (Fsp3) is 0.200. The van der Waals surface area contributed by atoms with Gasteiger partial charge in [0.05, 0.1) is 36.5 Å². The van der Waals surface area contributed by atoms with Gasteiger partial charge in [-0.3, -0.25) is 24.2 Å². The summed E-state index contributed by atoms with van der Waals surface area (Å²) in [4.78, 5) is 58.5. The summed E-state index contributed by atoms with van der Waals surface area (Å²) in [5.41, 5.74) is 3.86. The Balaban J connectivity index is 1.29. The molecule has 0 saturated heterocycles. The Labute approximate surface area is 234 Å². The monoisotopic (exact) mass is 556 g/mol. The van der Waals surface area contributed by atoms with Gasteiger partial charge in [0.2, 0.25) is 5.91 Å². The Kier molecular flexibility index (Phi) is 6.61. The van der Waals surface area contributed by atoms with Crippen LogP contribution in [0.3, 0.4) is 0 Å². The second-order valence-corrected chi connectivity index (χ2v) is 10.2. The van der Waals surface area contributed by atoms with Gasteiger partial charge in [-0.25, -0.2) is 4.79 Å². The van der Waals surface area contributed by atoms with Crippen LogP contribution in [-0.4, -0.2) is 65.2 Å². The van der Waals surface area contributed by atoms with Crippen molar-refractivity contribution >= 4 is 51.9 Å². The normalized spacial score (nSPS) is 16.6. The zero-order chi connectivity index (χ0) is 28.0. The zero-order valence-corrected chi connectivity index (χ0v) is 22.3. The van der Waals surface area contributed by atoms with Crippen LogP contribution in [0.2, 0.25) is 5.02 Å². The number of H-pyrrole nitrogens is 1. The van der Waals surface area contributed by atoms with E-state index < -0.39 is 12.0 Å². The number of rotatable bonds is 6. The molecule has 0 spiro atoms. The Morgan fingerprint density at radius 1 is 1.02 bits per heavy atom. The van der Waals surface area contributed by atoms with E-state index in [1.165, 1.54) is 12.0 Å². The van der Waals surface area contributed by atoms with Crippen molar-refractivity contribution in [1.82, 2.24) is 14.8 Å². The first kappa shape index (κ1) is 25.8. The lowest BCUT2D eigenvalue weighted by atomic mass is 9.92. The van der Waals surface area contributed by atoms with Crippen molar-refractivity contribution in [2.45, 2.75) is 12.5 Å². The molecule has 0 fully saturated rings. The minimum Gasteiger partial charge on any atom is -0.464 e. The highest BCUT2D eigenvalue weighted by molar-refractivity contribution is 6.31. The number of nitrogens with zero attached hydrogens (tertiary/aromatic N) is 2. The molecule has 0 bridgehead atoms. The van der Waals surface area contributed by atoms with Gasteiger partial charge in [0.1, 0.15) is 5.69 Å². The highest BCUT2D eigenvalue weighted by Gasteiger charge is 2.39. The maximum absolute atomic E-state index is 13.5. The largest absolute Gasteiger partial charge is 0.464 e. The molecule has 2 aliphatic rings. The third-order valence-corrected chi connectivity index (χ3v) is 7.75. The number of hydrogen-bond acceptors (Lipinski definition) is 6. The number of halogens is 1. The number of carbonyl (C=O) groups is 4. The highest BCUT2D eigenvalue weighted by Crippen LogP contribution is 2.34. The van der Waals surface area contributed by atoms with E-state index in [1.54, 1.807) is 42.5 Å². The predicted molar refractivity (Wildman–Crippen MR) is 150 cm³/mol. The molecule has 0 radical (unpaired) electrons. The minimum atomic E-state index is -0.627. The molecule has 3 amide bonds. The van der Waals surface area contributed by atoms with Crippen molar-refractivity contribution in [3.63, 3.8) is 0 Å².